The van der Waals surface area contributed by atoms with Crippen LogP contribution in [0.1, 0.15) is 50.2 Å². The molecule has 1 aliphatic rings. The van der Waals surface area contributed by atoms with Crippen LogP contribution >= 0.6 is 0 Å². The van der Waals surface area contributed by atoms with Gasteiger partial charge in [0, 0.05) is 12.2 Å². The first-order chi connectivity index (χ1) is 9.51. The summed E-state index contributed by atoms with van der Waals surface area (Å²) in [5, 5.41) is 0. The van der Waals surface area contributed by atoms with E-state index in [0.717, 1.165) is 31.2 Å². The Balaban J connectivity index is 2.35. The predicted molar refractivity (Wildman–Crippen MR) is 78.1 cm³/mol. The summed E-state index contributed by atoms with van der Waals surface area (Å²) >= 11 is 0. The first-order valence-corrected chi connectivity index (χ1v) is 8.64. The Kier molecular flexibility index (Phi) is 4.83. The van der Waals surface area contributed by atoms with Gasteiger partial charge in [0.15, 0.2) is 0 Å². The highest BCUT2D eigenvalue weighted by Gasteiger charge is 2.48. The van der Waals surface area contributed by atoms with Crippen LogP contribution in [-0.4, -0.2) is 19.6 Å². The number of ether oxygens (including phenoxy) is 1. The molecule has 0 amide bonds. The van der Waals surface area contributed by atoms with Gasteiger partial charge in [-0.2, -0.15) is 8.42 Å². The van der Waals surface area contributed by atoms with Gasteiger partial charge < -0.3 is 4.74 Å². The average Bonchev–Trinajstić information content (AvgIpc) is 2.42. The molecule has 1 atom stereocenters. The molecule has 1 N–H and O–H groups in total. The van der Waals surface area contributed by atoms with Crippen LogP contribution in [0, 0.1) is 0 Å². The second-order valence-corrected chi connectivity index (χ2v) is 6.90. The van der Waals surface area contributed by atoms with E-state index in [1.54, 1.807) is 12.1 Å². The maximum atomic E-state index is 12.0. The molecule has 0 fully saturated rings. The second kappa shape index (κ2) is 6.24. The Hall–Kier alpha value is -0.910. The third kappa shape index (κ3) is 2.90. The van der Waals surface area contributed by atoms with Gasteiger partial charge in [-0.25, -0.2) is 0 Å². The second-order valence-electron chi connectivity index (χ2n) is 5.29. The lowest BCUT2D eigenvalue weighted by molar-refractivity contribution is -0.00556. The monoisotopic (exact) mass is 298 g/mol. The van der Waals surface area contributed by atoms with Gasteiger partial charge in [-0.05, 0) is 31.2 Å². The van der Waals surface area contributed by atoms with E-state index in [-0.39, 0.29) is 0 Å². The molecule has 0 saturated carbocycles. The summed E-state index contributed by atoms with van der Waals surface area (Å²) in [6.07, 6.45) is 4.67. The Bertz CT molecular complexity index is 553. The van der Waals surface area contributed by atoms with Crippen LogP contribution in [0.2, 0.25) is 0 Å². The van der Waals surface area contributed by atoms with Crippen LogP contribution in [0.4, 0.5) is 0 Å². The standard InChI is InChI=1S/C15H22O4S/c1-2-3-6-12-19-15(20(16,17)18)11-7-9-13-8-4-5-10-14(13)15/h4-5,8,10H,2-3,6-7,9,11-12H2,1H3,(H,16,17,18). The molecule has 0 bridgehead atoms. The van der Waals surface area contributed by atoms with Crippen molar-refractivity contribution in [1.82, 2.24) is 0 Å². The minimum absolute atomic E-state index is 0.314. The lowest BCUT2D eigenvalue weighted by Crippen LogP contribution is -2.41. The lowest BCUT2D eigenvalue weighted by atomic mass is 9.89. The first kappa shape index (κ1) is 15.5. The molecule has 1 aliphatic carbocycles. The van der Waals surface area contributed by atoms with Crippen molar-refractivity contribution >= 4 is 10.1 Å². The summed E-state index contributed by atoms with van der Waals surface area (Å²) in [6.45, 7) is 2.43. The van der Waals surface area contributed by atoms with E-state index >= 15 is 0 Å². The lowest BCUT2D eigenvalue weighted by Gasteiger charge is -2.36. The van der Waals surface area contributed by atoms with Gasteiger partial charge in [-0.1, -0.05) is 44.0 Å². The highest BCUT2D eigenvalue weighted by atomic mass is 32.2. The molecule has 0 heterocycles. The number of unbranched alkanes of at least 4 members (excludes halogenated alkanes) is 2. The van der Waals surface area contributed by atoms with Crippen LogP contribution in [0.5, 0.6) is 0 Å². The normalized spacial score (nSPS) is 22.5. The molecule has 0 aliphatic heterocycles. The predicted octanol–water partition coefficient (Wildman–Crippen LogP) is 3.27. The van der Waals surface area contributed by atoms with Crippen LogP contribution in [0.25, 0.3) is 0 Å². The van der Waals surface area contributed by atoms with Crippen molar-refractivity contribution in [3.05, 3.63) is 35.4 Å². The number of fused-ring (bicyclic) bond motifs is 1. The molecule has 112 valence electrons. The molecule has 4 nitrogen and oxygen atoms in total. The number of benzene rings is 1. The molecule has 5 heteroatoms. The maximum absolute atomic E-state index is 12.0. The molecule has 1 unspecified atom stereocenters. The van der Waals surface area contributed by atoms with Crippen molar-refractivity contribution in [2.24, 2.45) is 0 Å². The van der Waals surface area contributed by atoms with Crippen molar-refractivity contribution in [3.8, 4) is 0 Å². The fourth-order valence-electron chi connectivity index (χ4n) is 2.84. The average molecular weight is 298 g/mol. The van der Waals surface area contributed by atoms with Gasteiger partial charge in [0.2, 0.25) is 4.93 Å². The maximum Gasteiger partial charge on any atom is 0.299 e. The summed E-state index contributed by atoms with van der Waals surface area (Å²) in [5.74, 6) is 0. The number of hydrogen-bond acceptors (Lipinski definition) is 3. The zero-order valence-electron chi connectivity index (χ0n) is 11.8. The molecule has 0 radical (unpaired) electrons. The van der Waals surface area contributed by atoms with Gasteiger partial charge in [-0.3, -0.25) is 4.55 Å². The first-order valence-electron chi connectivity index (χ1n) is 7.20. The van der Waals surface area contributed by atoms with Crippen LogP contribution < -0.4 is 0 Å². The van der Waals surface area contributed by atoms with E-state index < -0.39 is 15.1 Å². The van der Waals surface area contributed by atoms with Gasteiger partial charge in [-0.15, -0.1) is 0 Å². The Labute approximate surface area is 120 Å². The zero-order valence-corrected chi connectivity index (χ0v) is 12.7. The molecular formula is C15H22O4S. The number of aryl methyl sites for hydroxylation is 1. The third-order valence-electron chi connectivity index (χ3n) is 3.88. The molecule has 0 aromatic heterocycles. The molecule has 1 aromatic rings. The molecule has 2 rings (SSSR count). The minimum atomic E-state index is -4.31. The van der Waals surface area contributed by atoms with Crippen molar-refractivity contribution < 1.29 is 17.7 Å². The largest absolute Gasteiger partial charge is 0.353 e. The molecule has 1 aromatic carbocycles. The van der Waals surface area contributed by atoms with Crippen LogP contribution in [0.15, 0.2) is 24.3 Å². The van der Waals surface area contributed by atoms with Crippen LogP contribution in [-0.2, 0) is 26.2 Å². The van der Waals surface area contributed by atoms with E-state index in [4.69, 9.17) is 4.74 Å². The molecule has 0 spiro atoms. The Morgan fingerprint density at radius 3 is 2.75 bits per heavy atom. The highest BCUT2D eigenvalue weighted by molar-refractivity contribution is 7.86. The van der Waals surface area contributed by atoms with E-state index in [2.05, 4.69) is 6.92 Å². The Morgan fingerprint density at radius 1 is 1.30 bits per heavy atom. The quantitative estimate of drug-likeness (QED) is 0.646. The van der Waals surface area contributed by atoms with Crippen molar-refractivity contribution in [1.29, 1.82) is 0 Å². The topological polar surface area (TPSA) is 63.6 Å². The molecule has 0 saturated heterocycles. The molecule has 20 heavy (non-hydrogen) atoms. The van der Waals surface area contributed by atoms with E-state index in [1.807, 2.05) is 12.1 Å². The summed E-state index contributed by atoms with van der Waals surface area (Å²) in [6, 6.07) is 7.33. The van der Waals surface area contributed by atoms with Gasteiger partial charge in [0.1, 0.15) is 0 Å². The smallest absolute Gasteiger partial charge is 0.299 e. The fourth-order valence-corrected chi connectivity index (χ4v) is 3.95. The van der Waals surface area contributed by atoms with Gasteiger partial charge >= 0.3 is 0 Å². The van der Waals surface area contributed by atoms with E-state index in [0.29, 0.717) is 25.0 Å². The van der Waals surface area contributed by atoms with Crippen molar-refractivity contribution in [2.75, 3.05) is 6.61 Å². The van der Waals surface area contributed by atoms with E-state index in [9.17, 15) is 13.0 Å². The summed E-state index contributed by atoms with van der Waals surface area (Å²) in [7, 11) is -4.31. The summed E-state index contributed by atoms with van der Waals surface area (Å²) < 4.78 is 39.4. The van der Waals surface area contributed by atoms with Gasteiger partial charge in [0.25, 0.3) is 10.1 Å². The number of hydrogen-bond donors (Lipinski definition) is 1. The van der Waals surface area contributed by atoms with Crippen molar-refractivity contribution in [2.45, 2.75) is 50.4 Å². The highest BCUT2D eigenvalue weighted by Crippen LogP contribution is 2.42. The SMILES string of the molecule is CCCCCOC1(S(=O)(=O)O)CCCc2ccccc21. The van der Waals surface area contributed by atoms with Crippen molar-refractivity contribution in [3.63, 3.8) is 0 Å². The zero-order chi connectivity index (χ0) is 14.6. The van der Waals surface area contributed by atoms with E-state index in [1.165, 1.54) is 0 Å². The fraction of sp³-hybridized carbons (Fsp3) is 0.600. The minimum Gasteiger partial charge on any atom is -0.353 e. The number of rotatable bonds is 6. The third-order valence-corrected chi connectivity index (χ3v) is 5.25. The molecular weight excluding hydrogens is 276 g/mol. The summed E-state index contributed by atoms with van der Waals surface area (Å²) in [5.41, 5.74) is 1.55. The Morgan fingerprint density at radius 2 is 2.05 bits per heavy atom. The van der Waals surface area contributed by atoms with Crippen LogP contribution in [0.3, 0.4) is 0 Å². The van der Waals surface area contributed by atoms with Gasteiger partial charge in [0.05, 0.1) is 0 Å². The summed E-state index contributed by atoms with van der Waals surface area (Å²) in [4.78, 5) is -1.57.